The van der Waals surface area contributed by atoms with E-state index in [0.717, 1.165) is 12.0 Å². The first-order valence-corrected chi connectivity index (χ1v) is 7.88. The van der Waals surface area contributed by atoms with Gasteiger partial charge in [0, 0.05) is 26.2 Å². The van der Waals surface area contributed by atoms with Crippen LogP contribution in [0.25, 0.3) is 0 Å². The molecule has 1 aromatic carbocycles. The number of rotatable bonds is 3. The van der Waals surface area contributed by atoms with Crippen molar-refractivity contribution in [3.05, 3.63) is 60.1 Å². The van der Waals surface area contributed by atoms with E-state index in [1.54, 1.807) is 17.0 Å². The van der Waals surface area contributed by atoms with Crippen molar-refractivity contribution < 1.29 is 14.0 Å². The highest BCUT2D eigenvalue weighted by Gasteiger charge is 2.23. The van der Waals surface area contributed by atoms with E-state index in [-0.39, 0.29) is 11.8 Å². The molecular weight excluding hydrogens is 292 g/mol. The largest absolute Gasteiger partial charge is 0.459 e. The van der Waals surface area contributed by atoms with E-state index in [4.69, 9.17) is 4.42 Å². The monoisotopic (exact) mass is 312 g/mol. The number of hydrogen-bond donors (Lipinski definition) is 0. The molecule has 1 saturated heterocycles. The Morgan fingerprint density at radius 3 is 2.39 bits per heavy atom. The lowest BCUT2D eigenvalue weighted by Crippen LogP contribution is -2.37. The Bertz CT molecular complexity index is 652. The van der Waals surface area contributed by atoms with Crippen LogP contribution in [0.1, 0.15) is 22.5 Å². The van der Waals surface area contributed by atoms with Crippen LogP contribution in [0.3, 0.4) is 0 Å². The number of benzene rings is 1. The molecule has 23 heavy (non-hydrogen) atoms. The first-order valence-electron chi connectivity index (χ1n) is 7.88. The lowest BCUT2D eigenvalue weighted by molar-refractivity contribution is -0.130. The molecule has 1 aliphatic rings. The molecule has 0 bridgehead atoms. The van der Waals surface area contributed by atoms with Crippen molar-refractivity contribution in [3.8, 4) is 0 Å². The zero-order valence-electron chi connectivity index (χ0n) is 13.0. The number of amides is 2. The molecule has 3 rings (SSSR count). The predicted octanol–water partition coefficient (Wildman–Crippen LogP) is 2.20. The van der Waals surface area contributed by atoms with E-state index in [9.17, 15) is 9.59 Å². The number of furan rings is 1. The van der Waals surface area contributed by atoms with E-state index >= 15 is 0 Å². The summed E-state index contributed by atoms with van der Waals surface area (Å²) >= 11 is 0. The van der Waals surface area contributed by atoms with Gasteiger partial charge in [-0.05, 0) is 24.1 Å². The maximum atomic E-state index is 12.4. The van der Waals surface area contributed by atoms with Crippen molar-refractivity contribution >= 4 is 11.8 Å². The highest BCUT2D eigenvalue weighted by molar-refractivity contribution is 5.91. The second kappa shape index (κ2) is 7.13. The average molecular weight is 312 g/mol. The van der Waals surface area contributed by atoms with Crippen molar-refractivity contribution in [2.75, 3.05) is 26.2 Å². The molecule has 1 aromatic heterocycles. The molecule has 2 aromatic rings. The zero-order chi connectivity index (χ0) is 16.1. The summed E-state index contributed by atoms with van der Waals surface area (Å²) in [5.74, 6) is 0.366. The van der Waals surface area contributed by atoms with Gasteiger partial charge < -0.3 is 14.2 Å². The minimum atomic E-state index is -0.104. The summed E-state index contributed by atoms with van der Waals surface area (Å²) in [4.78, 5) is 28.3. The van der Waals surface area contributed by atoms with E-state index in [1.807, 2.05) is 35.2 Å². The summed E-state index contributed by atoms with van der Waals surface area (Å²) in [6.45, 7) is 2.44. The third-order valence-corrected chi connectivity index (χ3v) is 4.07. The molecule has 120 valence electrons. The highest BCUT2D eigenvalue weighted by Crippen LogP contribution is 2.11. The molecule has 5 nitrogen and oxygen atoms in total. The standard InChI is InChI=1S/C18H20N2O3/c21-17(14-15-6-2-1-3-7-15)19-9-5-10-20(12-11-19)18(22)16-8-4-13-23-16/h1-4,6-8,13H,5,9-12,14H2. The molecule has 1 aliphatic heterocycles. The molecular formula is C18H20N2O3. The van der Waals surface area contributed by atoms with Gasteiger partial charge in [-0.2, -0.15) is 0 Å². The van der Waals surface area contributed by atoms with Gasteiger partial charge >= 0.3 is 0 Å². The second-order valence-electron chi connectivity index (χ2n) is 5.67. The summed E-state index contributed by atoms with van der Waals surface area (Å²) in [5, 5.41) is 0. The second-order valence-corrected chi connectivity index (χ2v) is 5.67. The van der Waals surface area contributed by atoms with Gasteiger partial charge in [0.15, 0.2) is 5.76 Å². The van der Waals surface area contributed by atoms with Crippen LogP contribution in [0.15, 0.2) is 53.1 Å². The molecule has 0 saturated carbocycles. The van der Waals surface area contributed by atoms with Gasteiger partial charge in [-0.15, -0.1) is 0 Å². The van der Waals surface area contributed by atoms with E-state index in [2.05, 4.69) is 0 Å². The Kier molecular flexibility index (Phi) is 4.76. The smallest absolute Gasteiger partial charge is 0.289 e. The minimum absolute atomic E-state index is 0.104. The van der Waals surface area contributed by atoms with Crippen molar-refractivity contribution in [2.24, 2.45) is 0 Å². The SMILES string of the molecule is O=C(Cc1ccccc1)N1CCCN(C(=O)c2ccco2)CC1. The van der Waals surface area contributed by atoms with Crippen molar-refractivity contribution in [1.29, 1.82) is 0 Å². The summed E-state index contributed by atoms with van der Waals surface area (Å²) in [6.07, 6.45) is 2.70. The summed E-state index contributed by atoms with van der Waals surface area (Å²) in [7, 11) is 0. The molecule has 0 atom stereocenters. The molecule has 0 unspecified atom stereocenters. The Balaban J connectivity index is 1.58. The maximum Gasteiger partial charge on any atom is 0.289 e. The molecule has 0 aliphatic carbocycles. The Morgan fingerprint density at radius 2 is 1.65 bits per heavy atom. The Labute approximate surface area is 135 Å². The fourth-order valence-electron chi connectivity index (χ4n) is 2.81. The molecule has 1 fully saturated rings. The van der Waals surface area contributed by atoms with Crippen LogP contribution in [0.4, 0.5) is 0 Å². The van der Waals surface area contributed by atoms with Gasteiger partial charge in [0.05, 0.1) is 12.7 Å². The Hall–Kier alpha value is -2.56. The summed E-state index contributed by atoms with van der Waals surface area (Å²) < 4.78 is 5.17. The van der Waals surface area contributed by atoms with Crippen LogP contribution in [0, 0.1) is 0 Å². The van der Waals surface area contributed by atoms with Crippen LogP contribution in [0.2, 0.25) is 0 Å². The third-order valence-electron chi connectivity index (χ3n) is 4.07. The molecule has 2 heterocycles. The van der Waals surface area contributed by atoms with Gasteiger partial charge in [-0.1, -0.05) is 30.3 Å². The molecule has 5 heteroatoms. The number of nitrogens with zero attached hydrogens (tertiary/aromatic N) is 2. The quantitative estimate of drug-likeness (QED) is 0.873. The van der Waals surface area contributed by atoms with Crippen molar-refractivity contribution in [3.63, 3.8) is 0 Å². The molecule has 0 N–H and O–H groups in total. The summed E-state index contributed by atoms with van der Waals surface area (Å²) in [6, 6.07) is 13.1. The van der Waals surface area contributed by atoms with Crippen LogP contribution in [-0.4, -0.2) is 47.8 Å². The fraction of sp³-hybridized carbons (Fsp3) is 0.333. The number of carbonyl (C=O) groups excluding carboxylic acids is 2. The van der Waals surface area contributed by atoms with Crippen molar-refractivity contribution in [2.45, 2.75) is 12.8 Å². The van der Waals surface area contributed by atoms with E-state index < -0.39 is 0 Å². The van der Waals surface area contributed by atoms with Gasteiger partial charge in [-0.3, -0.25) is 9.59 Å². The number of hydrogen-bond acceptors (Lipinski definition) is 3. The average Bonchev–Trinajstić information content (AvgIpc) is 2.99. The van der Waals surface area contributed by atoms with E-state index in [0.29, 0.717) is 38.4 Å². The third kappa shape index (κ3) is 3.80. The van der Waals surface area contributed by atoms with Crippen LogP contribution >= 0.6 is 0 Å². The first-order chi connectivity index (χ1) is 11.2. The lowest BCUT2D eigenvalue weighted by Gasteiger charge is -2.21. The first kappa shape index (κ1) is 15.3. The Morgan fingerprint density at radius 1 is 0.913 bits per heavy atom. The van der Waals surface area contributed by atoms with Crippen LogP contribution in [-0.2, 0) is 11.2 Å². The van der Waals surface area contributed by atoms with Crippen LogP contribution in [0.5, 0.6) is 0 Å². The van der Waals surface area contributed by atoms with Gasteiger partial charge in [0.25, 0.3) is 5.91 Å². The van der Waals surface area contributed by atoms with Crippen LogP contribution < -0.4 is 0 Å². The van der Waals surface area contributed by atoms with E-state index in [1.165, 1.54) is 6.26 Å². The van der Waals surface area contributed by atoms with Crippen molar-refractivity contribution in [1.82, 2.24) is 9.80 Å². The predicted molar refractivity (Wildman–Crippen MR) is 86.0 cm³/mol. The zero-order valence-corrected chi connectivity index (χ0v) is 13.0. The molecule has 2 amide bonds. The number of carbonyl (C=O) groups is 2. The summed E-state index contributed by atoms with van der Waals surface area (Å²) in [5.41, 5.74) is 1.02. The topological polar surface area (TPSA) is 53.8 Å². The molecule has 0 radical (unpaired) electrons. The lowest BCUT2D eigenvalue weighted by atomic mass is 10.1. The normalized spacial score (nSPS) is 15.3. The highest BCUT2D eigenvalue weighted by atomic mass is 16.3. The van der Waals surface area contributed by atoms with Gasteiger partial charge in [0.1, 0.15) is 0 Å². The minimum Gasteiger partial charge on any atom is -0.459 e. The van der Waals surface area contributed by atoms with Gasteiger partial charge in [-0.25, -0.2) is 0 Å². The van der Waals surface area contributed by atoms with Gasteiger partial charge in [0.2, 0.25) is 5.91 Å². The molecule has 0 spiro atoms. The fourth-order valence-corrected chi connectivity index (χ4v) is 2.81. The maximum absolute atomic E-state index is 12.4.